The highest BCUT2D eigenvalue weighted by Crippen LogP contribution is 2.23. The molecule has 0 heterocycles. The van der Waals surface area contributed by atoms with Crippen molar-refractivity contribution in [1.82, 2.24) is 5.32 Å². The molecular weight excluding hydrogens is 486 g/mol. The second-order valence-corrected chi connectivity index (χ2v) is 10.3. The number of rotatable bonds is 8. The van der Waals surface area contributed by atoms with Gasteiger partial charge in [-0.15, -0.1) is 0 Å². The second kappa shape index (κ2) is 11.1. The monoisotopic (exact) mass is 513 g/mol. The van der Waals surface area contributed by atoms with Gasteiger partial charge < -0.3 is 10.6 Å². The summed E-state index contributed by atoms with van der Waals surface area (Å²) in [5.41, 5.74) is 3.77. The summed E-state index contributed by atoms with van der Waals surface area (Å²) in [5.74, 6) is -0.797. The van der Waals surface area contributed by atoms with Gasteiger partial charge in [0, 0.05) is 12.1 Å². The van der Waals surface area contributed by atoms with Gasteiger partial charge in [0.1, 0.15) is 0 Å². The predicted octanol–water partition coefficient (Wildman–Crippen LogP) is 5.29. The van der Waals surface area contributed by atoms with E-state index in [1.54, 1.807) is 55.5 Å². The maximum absolute atomic E-state index is 13.1. The fourth-order valence-corrected chi connectivity index (χ4v) is 4.77. The number of aryl methyl sites for hydroxylation is 2. The molecule has 0 aliphatic rings. The first-order chi connectivity index (χ1) is 17.7. The zero-order chi connectivity index (χ0) is 26.4. The van der Waals surface area contributed by atoms with Crippen molar-refractivity contribution in [1.29, 1.82) is 0 Å². The molecule has 4 aromatic rings. The number of hydrogen-bond acceptors (Lipinski definition) is 4. The van der Waals surface area contributed by atoms with Gasteiger partial charge in [-0.05, 0) is 61.4 Å². The molecule has 0 bridgehead atoms. The van der Waals surface area contributed by atoms with Crippen LogP contribution in [-0.2, 0) is 16.6 Å². The molecule has 0 aliphatic carbocycles. The van der Waals surface area contributed by atoms with Crippen LogP contribution in [-0.4, -0.2) is 20.2 Å². The van der Waals surface area contributed by atoms with E-state index in [-0.39, 0.29) is 16.4 Å². The van der Waals surface area contributed by atoms with E-state index in [0.29, 0.717) is 29.0 Å². The van der Waals surface area contributed by atoms with Gasteiger partial charge in [-0.25, -0.2) is 8.42 Å². The number of hydrogen-bond donors (Lipinski definition) is 3. The quantitative estimate of drug-likeness (QED) is 0.298. The lowest BCUT2D eigenvalue weighted by molar-refractivity contribution is 0.0951. The third-order valence-electron chi connectivity index (χ3n) is 5.79. The van der Waals surface area contributed by atoms with Gasteiger partial charge in [0.05, 0.1) is 21.8 Å². The fourth-order valence-electron chi connectivity index (χ4n) is 3.65. The molecule has 0 unspecified atom stereocenters. The maximum Gasteiger partial charge on any atom is 0.261 e. The smallest absolute Gasteiger partial charge is 0.261 e. The Morgan fingerprint density at radius 1 is 0.730 bits per heavy atom. The standard InChI is InChI=1S/C29H27N3O4S/c1-20-12-16-24(17-13-20)37(35,36)32-27-18-23(15-14-21(27)2)28(33)31-26-11-7-6-10-25(26)29(34)30-19-22-8-4-3-5-9-22/h3-18,32H,19H2,1-2H3,(H,30,34)(H,31,33). The maximum atomic E-state index is 13.1. The lowest BCUT2D eigenvalue weighted by Crippen LogP contribution is -2.25. The molecule has 0 radical (unpaired) electrons. The zero-order valence-electron chi connectivity index (χ0n) is 20.5. The summed E-state index contributed by atoms with van der Waals surface area (Å²) in [5, 5.41) is 5.64. The van der Waals surface area contributed by atoms with Crippen LogP contribution in [0.25, 0.3) is 0 Å². The predicted molar refractivity (Wildman–Crippen MR) is 145 cm³/mol. The van der Waals surface area contributed by atoms with Crippen LogP contribution in [0, 0.1) is 13.8 Å². The SMILES string of the molecule is Cc1ccc(S(=O)(=O)Nc2cc(C(=O)Nc3ccccc3C(=O)NCc3ccccc3)ccc2C)cc1. The molecule has 4 aromatic carbocycles. The van der Waals surface area contributed by atoms with E-state index in [4.69, 9.17) is 0 Å². The van der Waals surface area contributed by atoms with Crippen molar-refractivity contribution in [2.75, 3.05) is 10.0 Å². The third kappa shape index (κ3) is 6.42. The van der Waals surface area contributed by atoms with Gasteiger partial charge in [0.15, 0.2) is 0 Å². The molecule has 37 heavy (non-hydrogen) atoms. The van der Waals surface area contributed by atoms with Crippen molar-refractivity contribution in [2.45, 2.75) is 25.3 Å². The molecule has 4 rings (SSSR count). The molecule has 7 nitrogen and oxygen atoms in total. The summed E-state index contributed by atoms with van der Waals surface area (Å²) < 4.78 is 28.3. The van der Waals surface area contributed by atoms with Crippen LogP contribution in [0.2, 0.25) is 0 Å². The van der Waals surface area contributed by atoms with E-state index >= 15 is 0 Å². The molecule has 0 fully saturated rings. The molecule has 0 aromatic heterocycles. The largest absolute Gasteiger partial charge is 0.348 e. The van der Waals surface area contributed by atoms with E-state index in [1.165, 1.54) is 18.2 Å². The number of benzene rings is 4. The van der Waals surface area contributed by atoms with Gasteiger partial charge in [0.25, 0.3) is 21.8 Å². The van der Waals surface area contributed by atoms with E-state index < -0.39 is 15.9 Å². The Morgan fingerprint density at radius 3 is 2.14 bits per heavy atom. The lowest BCUT2D eigenvalue weighted by Gasteiger charge is -2.14. The highest BCUT2D eigenvalue weighted by Gasteiger charge is 2.18. The fraction of sp³-hybridized carbons (Fsp3) is 0.103. The van der Waals surface area contributed by atoms with Crippen LogP contribution in [0.1, 0.15) is 37.4 Å². The van der Waals surface area contributed by atoms with Gasteiger partial charge >= 0.3 is 0 Å². The van der Waals surface area contributed by atoms with Crippen molar-refractivity contribution in [2.24, 2.45) is 0 Å². The second-order valence-electron chi connectivity index (χ2n) is 8.62. The van der Waals surface area contributed by atoms with Crippen LogP contribution in [0.5, 0.6) is 0 Å². The highest BCUT2D eigenvalue weighted by atomic mass is 32.2. The van der Waals surface area contributed by atoms with Crippen LogP contribution in [0.4, 0.5) is 11.4 Å². The third-order valence-corrected chi connectivity index (χ3v) is 7.17. The van der Waals surface area contributed by atoms with Gasteiger partial charge in [-0.1, -0.05) is 66.2 Å². The summed E-state index contributed by atoms with van der Waals surface area (Å²) in [7, 11) is -3.84. The number of amides is 2. The van der Waals surface area contributed by atoms with Crippen molar-refractivity contribution in [3.8, 4) is 0 Å². The summed E-state index contributed by atoms with van der Waals surface area (Å²) >= 11 is 0. The number of carbonyl (C=O) groups excluding carboxylic acids is 2. The first-order valence-electron chi connectivity index (χ1n) is 11.7. The molecule has 0 saturated heterocycles. The minimum absolute atomic E-state index is 0.128. The number of nitrogens with one attached hydrogen (secondary N) is 3. The molecule has 0 spiro atoms. The van der Waals surface area contributed by atoms with Crippen LogP contribution in [0.3, 0.4) is 0 Å². The van der Waals surface area contributed by atoms with Crippen molar-refractivity contribution in [3.63, 3.8) is 0 Å². The van der Waals surface area contributed by atoms with Crippen LogP contribution >= 0.6 is 0 Å². The number of para-hydroxylation sites is 1. The van der Waals surface area contributed by atoms with Crippen LogP contribution < -0.4 is 15.4 Å². The van der Waals surface area contributed by atoms with Crippen molar-refractivity contribution >= 4 is 33.2 Å². The topological polar surface area (TPSA) is 104 Å². The average molecular weight is 514 g/mol. The van der Waals surface area contributed by atoms with E-state index in [0.717, 1.165) is 11.1 Å². The molecule has 8 heteroatoms. The van der Waals surface area contributed by atoms with Crippen molar-refractivity contribution < 1.29 is 18.0 Å². The highest BCUT2D eigenvalue weighted by molar-refractivity contribution is 7.92. The number of carbonyl (C=O) groups is 2. The Bertz CT molecular complexity index is 1530. The molecule has 0 aliphatic heterocycles. The van der Waals surface area contributed by atoms with Crippen molar-refractivity contribution in [3.05, 3.63) is 125 Å². The molecule has 2 amide bonds. The summed E-state index contributed by atoms with van der Waals surface area (Å²) in [6.07, 6.45) is 0. The van der Waals surface area contributed by atoms with Gasteiger partial charge in [0.2, 0.25) is 0 Å². The van der Waals surface area contributed by atoms with Gasteiger partial charge in [-0.2, -0.15) is 0 Å². The molecule has 3 N–H and O–H groups in total. The van der Waals surface area contributed by atoms with Crippen LogP contribution in [0.15, 0.2) is 102 Å². The zero-order valence-corrected chi connectivity index (χ0v) is 21.3. The Hall–Kier alpha value is -4.43. The molecule has 188 valence electrons. The van der Waals surface area contributed by atoms with E-state index in [2.05, 4.69) is 15.4 Å². The minimum atomic E-state index is -3.84. The average Bonchev–Trinajstić information content (AvgIpc) is 2.89. The van der Waals surface area contributed by atoms with E-state index in [9.17, 15) is 18.0 Å². The summed E-state index contributed by atoms with van der Waals surface area (Å²) in [6, 6.07) is 27.5. The molecular formula is C29H27N3O4S. The van der Waals surface area contributed by atoms with Gasteiger partial charge in [-0.3, -0.25) is 14.3 Å². The normalized spacial score (nSPS) is 11.0. The lowest BCUT2D eigenvalue weighted by atomic mass is 10.1. The molecule has 0 atom stereocenters. The first kappa shape index (κ1) is 25.7. The summed E-state index contributed by atoms with van der Waals surface area (Å²) in [4.78, 5) is 26.0. The Morgan fingerprint density at radius 2 is 1.41 bits per heavy atom. The molecule has 0 saturated carbocycles. The Balaban J connectivity index is 1.51. The number of anilines is 2. The Kier molecular flexibility index (Phi) is 7.69. The first-order valence-corrected chi connectivity index (χ1v) is 13.1. The minimum Gasteiger partial charge on any atom is -0.348 e. The Labute approximate surface area is 216 Å². The summed E-state index contributed by atoms with van der Waals surface area (Å²) in [6.45, 7) is 3.98. The van der Waals surface area contributed by atoms with E-state index in [1.807, 2.05) is 37.3 Å². The number of sulfonamides is 1.